The van der Waals surface area contributed by atoms with Crippen molar-refractivity contribution in [3.63, 3.8) is 0 Å². The molecule has 7 rings (SSSR count). The van der Waals surface area contributed by atoms with E-state index in [0.717, 1.165) is 66.1 Å². The molecule has 1 heterocycles. The first-order chi connectivity index (χ1) is 26.0. The molecule has 0 radical (unpaired) electrons. The van der Waals surface area contributed by atoms with Crippen LogP contribution < -0.4 is 13.9 Å². The standard InChI is InChI=1S/C50H57O4P.Ag/c1-27(2)35-21-23-37(29(5)6)45(43(35)31(9)10)41-25-33-17-13-15-19-39(33)47-48-40-20-16-14-18-34(40)26-42(50(48)54-55(51,52)53-49(41)47)46-38(30(7)8)24-22-36(28(3)4)44(46)32(11)12;/h13-32H,1-12H3,(H,51,52);/q;+1/p-1. The van der Waals surface area contributed by atoms with E-state index in [1.807, 2.05) is 12.1 Å². The van der Waals surface area contributed by atoms with E-state index in [4.69, 9.17) is 9.05 Å². The van der Waals surface area contributed by atoms with E-state index in [1.54, 1.807) is 0 Å². The van der Waals surface area contributed by atoms with Crippen LogP contribution in [0.5, 0.6) is 11.5 Å². The Labute approximate surface area is 350 Å². The Morgan fingerprint density at radius 3 is 1.09 bits per heavy atom. The van der Waals surface area contributed by atoms with Crippen LogP contribution >= 0.6 is 7.82 Å². The van der Waals surface area contributed by atoms with Crippen LogP contribution in [0.15, 0.2) is 84.9 Å². The average molecular weight is 860 g/mol. The van der Waals surface area contributed by atoms with Crippen molar-refractivity contribution in [2.45, 2.75) is 119 Å². The largest absolute Gasteiger partial charge is 1.00 e. The second kappa shape index (κ2) is 16.0. The fraction of sp³-hybridized carbons (Fsp3) is 0.360. The fourth-order valence-electron chi connectivity index (χ4n) is 9.08. The predicted molar refractivity (Wildman–Crippen MR) is 231 cm³/mol. The molecule has 0 aliphatic carbocycles. The van der Waals surface area contributed by atoms with Gasteiger partial charge in [-0.05, 0) is 114 Å². The van der Waals surface area contributed by atoms with E-state index in [-0.39, 0.29) is 57.9 Å². The third-order valence-electron chi connectivity index (χ3n) is 11.5. The van der Waals surface area contributed by atoms with Crippen molar-refractivity contribution in [2.75, 3.05) is 0 Å². The monoisotopic (exact) mass is 858 g/mol. The van der Waals surface area contributed by atoms with Gasteiger partial charge in [-0.3, -0.25) is 0 Å². The first-order valence-corrected chi connectivity index (χ1v) is 21.6. The summed E-state index contributed by atoms with van der Waals surface area (Å²) in [5.74, 6) is 1.88. The van der Waals surface area contributed by atoms with Gasteiger partial charge in [0.2, 0.25) is 0 Å². The average Bonchev–Trinajstić information content (AvgIpc) is 3.25. The summed E-state index contributed by atoms with van der Waals surface area (Å²) < 4.78 is 27.5. The topological polar surface area (TPSA) is 58.6 Å². The van der Waals surface area contributed by atoms with Crippen molar-refractivity contribution in [1.82, 2.24) is 0 Å². The number of hydrogen-bond acceptors (Lipinski definition) is 4. The summed E-state index contributed by atoms with van der Waals surface area (Å²) in [6, 6.07) is 29.9. The van der Waals surface area contributed by atoms with Crippen molar-refractivity contribution in [3.05, 3.63) is 118 Å². The maximum Gasteiger partial charge on any atom is 1.00 e. The summed E-state index contributed by atoms with van der Waals surface area (Å²) >= 11 is 0. The summed E-state index contributed by atoms with van der Waals surface area (Å²) in [6.07, 6.45) is 0. The molecule has 0 spiro atoms. The van der Waals surface area contributed by atoms with Crippen LogP contribution in [0.3, 0.4) is 0 Å². The van der Waals surface area contributed by atoms with Gasteiger partial charge in [0.25, 0.3) is 0 Å². The molecule has 0 aromatic heterocycles. The van der Waals surface area contributed by atoms with Crippen LogP contribution in [0.1, 0.15) is 152 Å². The van der Waals surface area contributed by atoms with Crippen LogP contribution in [0.4, 0.5) is 0 Å². The number of fused-ring (bicyclic) bond motifs is 7. The molecule has 296 valence electrons. The Bertz CT molecular complexity index is 2340. The molecular formula is C50H56AgO4P. The third-order valence-corrected chi connectivity index (χ3v) is 12.3. The zero-order valence-corrected chi connectivity index (χ0v) is 37.3. The fourth-order valence-corrected chi connectivity index (χ4v) is 9.94. The van der Waals surface area contributed by atoms with Crippen LogP contribution in [0.2, 0.25) is 0 Å². The first-order valence-electron chi connectivity index (χ1n) is 20.2. The van der Waals surface area contributed by atoms with Gasteiger partial charge in [-0.15, -0.1) is 0 Å². The second-order valence-corrected chi connectivity index (χ2v) is 18.6. The molecule has 0 unspecified atom stereocenters. The zero-order chi connectivity index (χ0) is 39.7. The molecule has 56 heavy (non-hydrogen) atoms. The molecule has 1 aliphatic rings. The van der Waals surface area contributed by atoms with Gasteiger partial charge in [0, 0.05) is 22.3 Å². The van der Waals surface area contributed by atoms with Crippen molar-refractivity contribution in [3.8, 4) is 44.9 Å². The van der Waals surface area contributed by atoms with Crippen molar-refractivity contribution >= 4 is 29.4 Å². The van der Waals surface area contributed by atoms with Crippen LogP contribution in [-0.2, 0) is 26.9 Å². The minimum atomic E-state index is -5.01. The van der Waals surface area contributed by atoms with Gasteiger partial charge in [0.05, 0.1) is 0 Å². The normalized spacial score (nSPS) is 13.7. The van der Waals surface area contributed by atoms with E-state index >= 15 is 0 Å². The summed E-state index contributed by atoms with van der Waals surface area (Å²) in [6.45, 7) is 26.7. The van der Waals surface area contributed by atoms with E-state index in [1.165, 1.54) is 22.3 Å². The Morgan fingerprint density at radius 1 is 0.446 bits per heavy atom. The summed E-state index contributed by atoms with van der Waals surface area (Å²) in [4.78, 5) is 14.6. The minimum Gasteiger partial charge on any atom is -0.736 e. The molecule has 0 fully saturated rings. The van der Waals surface area contributed by atoms with Gasteiger partial charge >= 0.3 is 30.2 Å². The number of phosphoric acid groups is 1. The van der Waals surface area contributed by atoms with Crippen molar-refractivity contribution in [1.29, 1.82) is 0 Å². The summed E-state index contributed by atoms with van der Waals surface area (Å²) in [5, 5.41) is 3.85. The molecule has 0 atom stereocenters. The van der Waals surface area contributed by atoms with Gasteiger partial charge in [-0.1, -0.05) is 156 Å². The minimum absolute atomic E-state index is 0. The Morgan fingerprint density at radius 2 is 0.768 bits per heavy atom. The van der Waals surface area contributed by atoms with E-state index in [9.17, 15) is 9.46 Å². The summed E-state index contributed by atoms with van der Waals surface area (Å²) in [5.41, 5.74) is 12.4. The molecule has 6 aromatic carbocycles. The number of hydrogen-bond donors (Lipinski definition) is 0. The molecule has 0 saturated heterocycles. The molecule has 6 heteroatoms. The molecule has 0 amide bonds. The number of benzene rings is 6. The second-order valence-electron chi connectivity index (χ2n) is 17.3. The Kier molecular flexibility index (Phi) is 12.0. The van der Waals surface area contributed by atoms with E-state index in [0.29, 0.717) is 11.5 Å². The summed E-state index contributed by atoms with van der Waals surface area (Å²) in [7, 11) is -5.01. The Balaban J connectivity index is 0.00000532. The maximum atomic E-state index is 14.6. The van der Waals surface area contributed by atoms with E-state index in [2.05, 4.69) is 156 Å². The molecule has 6 aromatic rings. The predicted octanol–water partition coefficient (Wildman–Crippen LogP) is 15.0. The van der Waals surface area contributed by atoms with Gasteiger partial charge in [-0.25, -0.2) is 4.57 Å². The van der Waals surface area contributed by atoms with Gasteiger partial charge in [-0.2, -0.15) is 0 Å². The molecule has 0 saturated carbocycles. The van der Waals surface area contributed by atoms with E-state index < -0.39 is 7.82 Å². The van der Waals surface area contributed by atoms with Gasteiger partial charge < -0.3 is 13.9 Å². The molecular weight excluding hydrogens is 803 g/mol. The van der Waals surface area contributed by atoms with Crippen LogP contribution in [0.25, 0.3) is 54.9 Å². The smallest absolute Gasteiger partial charge is 0.736 e. The van der Waals surface area contributed by atoms with Gasteiger partial charge in [0.15, 0.2) is 0 Å². The number of rotatable bonds is 8. The number of phosphoric ester groups is 1. The molecule has 1 aliphatic heterocycles. The third kappa shape index (κ3) is 7.22. The van der Waals surface area contributed by atoms with Crippen molar-refractivity contribution in [2.24, 2.45) is 0 Å². The molecule has 0 bridgehead atoms. The first kappa shape index (κ1) is 42.0. The van der Waals surface area contributed by atoms with Gasteiger partial charge in [0.1, 0.15) is 11.5 Å². The molecule has 0 N–H and O–H groups in total. The zero-order valence-electron chi connectivity index (χ0n) is 34.9. The molecule has 4 nitrogen and oxygen atoms in total. The van der Waals surface area contributed by atoms with Crippen molar-refractivity contribution < 1.29 is 40.9 Å². The Hall–Kier alpha value is -3.63. The van der Waals surface area contributed by atoms with Crippen LogP contribution in [0, 0.1) is 0 Å². The SMILES string of the molecule is CC(C)c1ccc(C(C)C)c(C(C)C)c1-c1cc2ccccc2c2c1OP(=O)([O-])Oc1c(-c3c(C(C)C)ccc(C(C)C)c3C(C)C)cc3ccccc3c1-2.[Ag+]. The maximum absolute atomic E-state index is 14.6. The van der Waals surface area contributed by atoms with Crippen LogP contribution in [-0.4, -0.2) is 0 Å². The quantitative estimate of drug-likeness (QED) is 0.113.